The molecule has 0 spiro atoms. The fourth-order valence-corrected chi connectivity index (χ4v) is 2.59. The first-order chi connectivity index (χ1) is 11.3. The Balaban J connectivity index is 1.71. The third-order valence-electron chi connectivity index (χ3n) is 3.42. The summed E-state index contributed by atoms with van der Waals surface area (Å²) < 4.78 is 1.73. The molecule has 0 saturated carbocycles. The van der Waals surface area contributed by atoms with Crippen LogP contribution in [0.5, 0.6) is 0 Å². The number of nitrogens with zero attached hydrogens (tertiary/aromatic N) is 4. The number of benzene rings is 1. The van der Waals surface area contributed by atoms with Crippen LogP contribution in [0.3, 0.4) is 0 Å². The fraction of sp³-hybridized carbons (Fsp3) is 0. The van der Waals surface area contributed by atoms with Crippen molar-refractivity contribution in [3.8, 4) is 11.1 Å². The van der Waals surface area contributed by atoms with Gasteiger partial charge in [-0.15, -0.1) is 5.10 Å². The normalized spacial score (nSPS) is 10.8. The van der Waals surface area contributed by atoms with Crippen LogP contribution in [-0.4, -0.2) is 19.6 Å². The number of rotatable bonds is 3. The molecule has 0 atom stereocenters. The van der Waals surface area contributed by atoms with Crippen molar-refractivity contribution in [3.63, 3.8) is 0 Å². The topological polar surface area (TPSA) is 55.1 Å². The zero-order valence-corrected chi connectivity index (χ0v) is 12.8. The predicted octanol–water partition coefficient (Wildman–Crippen LogP) is 4.19. The molecule has 112 valence electrons. The maximum absolute atomic E-state index is 6.26. The highest BCUT2D eigenvalue weighted by atomic mass is 35.5. The van der Waals surface area contributed by atoms with Gasteiger partial charge in [0.25, 0.3) is 0 Å². The van der Waals surface area contributed by atoms with Gasteiger partial charge in [-0.25, -0.2) is 9.50 Å². The molecule has 0 fully saturated rings. The lowest BCUT2D eigenvalue weighted by Crippen LogP contribution is -1.95. The van der Waals surface area contributed by atoms with E-state index in [1.54, 1.807) is 10.7 Å². The highest BCUT2D eigenvalue weighted by molar-refractivity contribution is 6.33. The molecular weight excluding hydrogens is 310 g/mol. The molecule has 3 heterocycles. The van der Waals surface area contributed by atoms with Crippen LogP contribution in [0.15, 0.2) is 67.0 Å². The maximum atomic E-state index is 6.26. The smallest absolute Gasteiger partial charge is 0.248 e. The fourth-order valence-electron chi connectivity index (χ4n) is 2.34. The average molecular weight is 322 g/mol. The van der Waals surface area contributed by atoms with Gasteiger partial charge in [0.1, 0.15) is 5.82 Å². The molecular formula is C17H12ClN5. The van der Waals surface area contributed by atoms with E-state index in [2.05, 4.69) is 20.4 Å². The molecule has 0 saturated heterocycles. The SMILES string of the molecule is Clc1ccccc1-c1ccc2nc(Nc3ccccn3)nn2c1. The van der Waals surface area contributed by atoms with E-state index in [9.17, 15) is 0 Å². The molecule has 0 radical (unpaired) electrons. The van der Waals surface area contributed by atoms with Crippen LogP contribution in [-0.2, 0) is 0 Å². The largest absolute Gasteiger partial charge is 0.307 e. The van der Waals surface area contributed by atoms with Gasteiger partial charge in [-0.3, -0.25) is 0 Å². The number of anilines is 2. The maximum Gasteiger partial charge on any atom is 0.248 e. The van der Waals surface area contributed by atoms with Crippen LogP contribution in [0.4, 0.5) is 11.8 Å². The van der Waals surface area contributed by atoms with E-state index >= 15 is 0 Å². The van der Waals surface area contributed by atoms with Gasteiger partial charge in [-0.05, 0) is 30.3 Å². The van der Waals surface area contributed by atoms with E-state index < -0.39 is 0 Å². The van der Waals surface area contributed by atoms with Gasteiger partial charge in [0.05, 0.1) is 0 Å². The van der Waals surface area contributed by atoms with Crippen LogP contribution in [0.2, 0.25) is 5.02 Å². The van der Waals surface area contributed by atoms with Crippen molar-refractivity contribution >= 4 is 29.0 Å². The number of hydrogen-bond acceptors (Lipinski definition) is 4. The molecule has 3 aromatic heterocycles. The van der Waals surface area contributed by atoms with E-state index in [0.29, 0.717) is 16.8 Å². The zero-order valence-electron chi connectivity index (χ0n) is 12.0. The van der Waals surface area contributed by atoms with Gasteiger partial charge in [0.2, 0.25) is 5.95 Å². The highest BCUT2D eigenvalue weighted by Crippen LogP contribution is 2.27. The summed E-state index contributed by atoms with van der Waals surface area (Å²) in [6.45, 7) is 0. The van der Waals surface area contributed by atoms with Crippen molar-refractivity contribution in [3.05, 3.63) is 72.0 Å². The Morgan fingerprint density at radius 3 is 2.65 bits per heavy atom. The molecule has 23 heavy (non-hydrogen) atoms. The lowest BCUT2D eigenvalue weighted by molar-refractivity contribution is 0.965. The van der Waals surface area contributed by atoms with Gasteiger partial charge in [0.15, 0.2) is 5.65 Å². The van der Waals surface area contributed by atoms with Crippen molar-refractivity contribution in [1.82, 2.24) is 19.6 Å². The number of pyridine rings is 2. The van der Waals surface area contributed by atoms with Crippen LogP contribution in [0, 0.1) is 0 Å². The van der Waals surface area contributed by atoms with Gasteiger partial charge < -0.3 is 5.32 Å². The lowest BCUT2D eigenvalue weighted by atomic mass is 10.1. The van der Waals surface area contributed by atoms with Gasteiger partial charge in [0, 0.05) is 28.5 Å². The van der Waals surface area contributed by atoms with E-state index in [4.69, 9.17) is 11.6 Å². The minimum atomic E-state index is 0.500. The summed E-state index contributed by atoms with van der Waals surface area (Å²) in [5.41, 5.74) is 2.70. The Kier molecular flexibility index (Phi) is 3.40. The Morgan fingerprint density at radius 2 is 1.83 bits per heavy atom. The van der Waals surface area contributed by atoms with Crippen LogP contribution < -0.4 is 5.32 Å². The Morgan fingerprint density at radius 1 is 0.957 bits per heavy atom. The summed E-state index contributed by atoms with van der Waals surface area (Å²) >= 11 is 6.26. The molecule has 6 heteroatoms. The second kappa shape index (κ2) is 5.70. The Bertz CT molecular complexity index is 965. The van der Waals surface area contributed by atoms with Crippen LogP contribution in [0.25, 0.3) is 16.8 Å². The number of aromatic nitrogens is 4. The molecule has 0 aliphatic heterocycles. The molecule has 1 N–H and O–H groups in total. The van der Waals surface area contributed by atoms with Crippen molar-refractivity contribution in [1.29, 1.82) is 0 Å². The molecule has 5 nitrogen and oxygen atoms in total. The summed E-state index contributed by atoms with van der Waals surface area (Å²) in [6.07, 6.45) is 3.63. The Labute approximate surface area is 137 Å². The molecule has 0 bridgehead atoms. The average Bonchev–Trinajstić information content (AvgIpc) is 2.97. The van der Waals surface area contributed by atoms with Gasteiger partial charge in [-0.2, -0.15) is 4.98 Å². The van der Waals surface area contributed by atoms with Crippen molar-refractivity contribution in [2.75, 3.05) is 5.32 Å². The third kappa shape index (κ3) is 2.74. The van der Waals surface area contributed by atoms with Crippen molar-refractivity contribution < 1.29 is 0 Å². The monoisotopic (exact) mass is 321 g/mol. The van der Waals surface area contributed by atoms with E-state index in [1.165, 1.54) is 0 Å². The first-order valence-corrected chi connectivity index (χ1v) is 7.47. The van der Waals surface area contributed by atoms with Crippen LogP contribution in [0.1, 0.15) is 0 Å². The molecule has 0 unspecified atom stereocenters. The number of hydrogen-bond donors (Lipinski definition) is 1. The molecule has 4 rings (SSSR count). The minimum Gasteiger partial charge on any atom is -0.307 e. The van der Waals surface area contributed by atoms with E-state index in [0.717, 1.165) is 16.8 Å². The first kappa shape index (κ1) is 13.7. The highest BCUT2D eigenvalue weighted by Gasteiger charge is 2.07. The van der Waals surface area contributed by atoms with Crippen molar-refractivity contribution in [2.45, 2.75) is 0 Å². The molecule has 0 aliphatic rings. The quantitative estimate of drug-likeness (QED) is 0.614. The summed E-state index contributed by atoms with van der Waals surface area (Å²) in [6, 6.07) is 17.2. The second-order valence-electron chi connectivity index (χ2n) is 4.98. The Hall–Kier alpha value is -2.92. The van der Waals surface area contributed by atoms with Crippen LogP contribution >= 0.6 is 11.6 Å². The lowest BCUT2D eigenvalue weighted by Gasteiger charge is -2.03. The summed E-state index contributed by atoms with van der Waals surface area (Å²) in [4.78, 5) is 8.64. The zero-order chi connectivity index (χ0) is 15.6. The minimum absolute atomic E-state index is 0.500. The molecule has 1 aromatic carbocycles. The van der Waals surface area contributed by atoms with E-state index in [-0.39, 0.29) is 0 Å². The molecule has 4 aromatic rings. The predicted molar refractivity (Wildman–Crippen MR) is 91.0 cm³/mol. The first-order valence-electron chi connectivity index (χ1n) is 7.09. The molecule has 0 aliphatic carbocycles. The standard InChI is InChI=1S/C17H12ClN5/c18-14-6-2-1-5-13(14)12-8-9-16-21-17(22-23(16)11-12)20-15-7-3-4-10-19-15/h1-11H,(H,19,20,22). The second-order valence-corrected chi connectivity index (χ2v) is 5.38. The number of halogens is 1. The number of nitrogens with one attached hydrogen (secondary N) is 1. The summed E-state index contributed by atoms with van der Waals surface area (Å²) in [5.74, 6) is 1.20. The molecule has 0 amide bonds. The van der Waals surface area contributed by atoms with Crippen molar-refractivity contribution in [2.24, 2.45) is 0 Å². The number of fused-ring (bicyclic) bond motifs is 1. The van der Waals surface area contributed by atoms with E-state index in [1.807, 2.05) is 60.8 Å². The third-order valence-corrected chi connectivity index (χ3v) is 3.75. The van der Waals surface area contributed by atoms with Gasteiger partial charge >= 0.3 is 0 Å². The summed E-state index contributed by atoms with van der Waals surface area (Å²) in [5, 5.41) is 8.23. The summed E-state index contributed by atoms with van der Waals surface area (Å²) in [7, 11) is 0. The van der Waals surface area contributed by atoms with Gasteiger partial charge in [-0.1, -0.05) is 35.9 Å².